The number of hydrogen-bond donors (Lipinski definition) is 1. The second kappa shape index (κ2) is 5.05. The quantitative estimate of drug-likeness (QED) is 0.837. The molecule has 86 valence electrons. The van der Waals surface area contributed by atoms with E-state index in [2.05, 4.69) is 4.98 Å². The van der Waals surface area contributed by atoms with Crippen LogP contribution in [0, 0.1) is 6.92 Å². The molecule has 1 unspecified atom stereocenters. The average Bonchev–Trinajstić information content (AvgIpc) is 2.47. The summed E-state index contributed by atoms with van der Waals surface area (Å²) in [5.74, 6) is 0.0263. The number of nitrogens with zero attached hydrogens (tertiary/aromatic N) is 1. The van der Waals surface area contributed by atoms with Gasteiger partial charge in [-0.3, -0.25) is 0 Å². The van der Waals surface area contributed by atoms with Crippen molar-refractivity contribution in [2.24, 2.45) is 0 Å². The maximum absolute atomic E-state index is 10.9. The number of thiazole rings is 1. The van der Waals surface area contributed by atoms with Crippen molar-refractivity contribution >= 4 is 21.2 Å². The van der Waals surface area contributed by atoms with E-state index in [1.54, 1.807) is 0 Å². The molecular weight excluding hydrogens is 234 g/mol. The minimum atomic E-state index is -2.98. The molecule has 1 aromatic rings. The van der Waals surface area contributed by atoms with Gasteiger partial charge in [-0.1, -0.05) is 0 Å². The molecule has 6 heteroatoms. The number of hydrogen-bond acceptors (Lipinski definition) is 5. The van der Waals surface area contributed by atoms with Crippen molar-refractivity contribution in [1.29, 1.82) is 0 Å². The van der Waals surface area contributed by atoms with Gasteiger partial charge in [-0.25, -0.2) is 13.4 Å². The van der Waals surface area contributed by atoms with Gasteiger partial charge in [0.15, 0.2) is 0 Å². The molecule has 1 N–H and O–H groups in total. The summed E-state index contributed by atoms with van der Waals surface area (Å²) < 4.78 is 21.7. The van der Waals surface area contributed by atoms with Gasteiger partial charge in [-0.2, -0.15) is 0 Å². The molecule has 1 rings (SSSR count). The van der Waals surface area contributed by atoms with E-state index in [0.717, 1.165) is 10.7 Å². The summed E-state index contributed by atoms with van der Waals surface area (Å²) in [4.78, 5) is 4.20. The fourth-order valence-electron chi connectivity index (χ4n) is 1.15. The van der Waals surface area contributed by atoms with Crippen LogP contribution < -0.4 is 0 Å². The van der Waals surface area contributed by atoms with Crippen LogP contribution in [0.1, 0.15) is 17.1 Å². The summed E-state index contributed by atoms with van der Waals surface area (Å²) in [6.45, 7) is 1.89. The van der Waals surface area contributed by atoms with E-state index in [9.17, 15) is 13.5 Å². The van der Waals surface area contributed by atoms with Gasteiger partial charge in [-0.05, 0) is 13.3 Å². The third kappa shape index (κ3) is 5.25. The Labute approximate surface area is 93.9 Å². The summed E-state index contributed by atoms with van der Waals surface area (Å²) >= 11 is 1.49. The van der Waals surface area contributed by atoms with E-state index < -0.39 is 15.9 Å². The van der Waals surface area contributed by atoms with Crippen molar-refractivity contribution in [2.45, 2.75) is 25.9 Å². The molecule has 4 nitrogen and oxygen atoms in total. The standard InChI is InChI=1S/C9H15NO3S2/c1-7-6-14-9(10-7)5-8(11)3-4-15(2,12)13/h6,8,11H,3-5H2,1-2H3. The summed E-state index contributed by atoms with van der Waals surface area (Å²) in [6, 6.07) is 0. The normalized spacial score (nSPS) is 14.1. The third-order valence-electron chi connectivity index (χ3n) is 1.90. The molecule has 0 aliphatic carbocycles. The van der Waals surface area contributed by atoms with Crippen LogP contribution >= 0.6 is 11.3 Å². The fraction of sp³-hybridized carbons (Fsp3) is 0.667. The van der Waals surface area contributed by atoms with E-state index in [-0.39, 0.29) is 12.2 Å². The molecule has 1 atom stereocenters. The molecule has 0 aliphatic heterocycles. The Morgan fingerprint density at radius 1 is 1.60 bits per heavy atom. The van der Waals surface area contributed by atoms with Crippen molar-refractivity contribution in [3.63, 3.8) is 0 Å². The Morgan fingerprint density at radius 2 is 2.27 bits per heavy atom. The first-order valence-corrected chi connectivity index (χ1v) is 7.57. The summed E-state index contributed by atoms with van der Waals surface area (Å²) in [5.41, 5.74) is 0.935. The first-order valence-electron chi connectivity index (χ1n) is 4.63. The summed E-state index contributed by atoms with van der Waals surface area (Å²) in [7, 11) is -2.98. The smallest absolute Gasteiger partial charge is 0.147 e. The predicted molar refractivity (Wildman–Crippen MR) is 60.9 cm³/mol. The monoisotopic (exact) mass is 249 g/mol. The Hall–Kier alpha value is -0.460. The van der Waals surface area contributed by atoms with Crippen LogP contribution in [0.3, 0.4) is 0 Å². The maximum Gasteiger partial charge on any atom is 0.147 e. The summed E-state index contributed by atoms with van der Waals surface area (Å²) in [6.07, 6.45) is 1.27. The molecule has 0 spiro atoms. The van der Waals surface area contributed by atoms with E-state index in [4.69, 9.17) is 0 Å². The number of rotatable bonds is 5. The molecule has 1 aromatic heterocycles. The number of sulfone groups is 1. The number of aliphatic hydroxyl groups is 1. The molecule has 0 aliphatic rings. The molecule has 1 heterocycles. The van der Waals surface area contributed by atoms with Crippen LogP contribution in [0.4, 0.5) is 0 Å². The van der Waals surface area contributed by atoms with Crippen LogP contribution in [0.15, 0.2) is 5.38 Å². The van der Waals surface area contributed by atoms with E-state index in [1.165, 1.54) is 17.6 Å². The van der Waals surface area contributed by atoms with Crippen molar-refractivity contribution in [1.82, 2.24) is 4.98 Å². The van der Waals surface area contributed by atoms with Crippen molar-refractivity contribution in [3.8, 4) is 0 Å². The highest BCUT2D eigenvalue weighted by Gasteiger charge is 2.11. The van der Waals surface area contributed by atoms with Gasteiger partial charge in [0.1, 0.15) is 9.84 Å². The number of aliphatic hydroxyl groups excluding tert-OH is 1. The van der Waals surface area contributed by atoms with Crippen molar-refractivity contribution in [2.75, 3.05) is 12.0 Å². The minimum Gasteiger partial charge on any atom is -0.393 e. The van der Waals surface area contributed by atoms with E-state index in [1.807, 2.05) is 12.3 Å². The third-order valence-corrected chi connectivity index (χ3v) is 3.86. The lowest BCUT2D eigenvalue weighted by molar-refractivity contribution is 0.171. The highest BCUT2D eigenvalue weighted by Crippen LogP contribution is 2.12. The number of aromatic nitrogens is 1. The first-order chi connectivity index (χ1) is 6.87. The molecule has 0 radical (unpaired) electrons. The zero-order valence-corrected chi connectivity index (χ0v) is 10.4. The molecule has 0 bridgehead atoms. The zero-order valence-electron chi connectivity index (χ0n) is 8.80. The van der Waals surface area contributed by atoms with Crippen LogP contribution in [-0.4, -0.2) is 36.6 Å². The molecule has 0 amide bonds. The topological polar surface area (TPSA) is 67.3 Å². The van der Waals surface area contributed by atoms with Gasteiger partial charge in [0.05, 0.1) is 16.9 Å². The Balaban J connectivity index is 2.40. The molecule has 0 saturated carbocycles. The Kier molecular flexibility index (Phi) is 4.24. The van der Waals surface area contributed by atoms with Crippen LogP contribution in [0.2, 0.25) is 0 Å². The second-order valence-electron chi connectivity index (χ2n) is 3.66. The van der Waals surface area contributed by atoms with Crippen molar-refractivity contribution < 1.29 is 13.5 Å². The molecule has 0 saturated heterocycles. The van der Waals surface area contributed by atoms with Gasteiger partial charge in [-0.15, -0.1) is 11.3 Å². The van der Waals surface area contributed by atoms with E-state index in [0.29, 0.717) is 6.42 Å². The lowest BCUT2D eigenvalue weighted by Crippen LogP contribution is -2.16. The Bertz CT molecular complexity index is 411. The predicted octanol–water partition coefficient (Wildman–Crippen LogP) is 0.790. The van der Waals surface area contributed by atoms with Gasteiger partial charge < -0.3 is 5.11 Å². The molecular formula is C9H15NO3S2. The summed E-state index contributed by atoms with van der Waals surface area (Å²) in [5, 5.41) is 12.3. The minimum absolute atomic E-state index is 0.0263. The lowest BCUT2D eigenvalue weighted by Gasteiger charge is -2.07. The molecule has 15 heavy (non-hydrogen) atoms. The van der Waals surface area contributed by atoms with Crippen molar-refractivity contribution in [3.05, 3.63) is 16.1 Å². The molecule has 0 aromatic carbocycles. The number of aryl methyl sites for hydroxylation is 1. The average molecular weight is 249 g/mol. The van der Waals surface area contributed by atoms with Crippen LogP contribution in [0.5, 0.6) is 0 Å². The van der Waals surface area contributed by atoms with Crippen LogP contribution in [-0.2, 0) is 16.3 Å². The highest BCUT2D eigenvalue weighted by molar-refractivity contribution is 7.90. The first kappa shape index (κ1) is 12.6. The Morgan fingerprint density at radius 3 is 2.73 bits per heavy atom. The van der Waals surface area contributed by atoms with Crippen LogP contribution in [0.25, 0.3) is 0 Å². The maximum atomic E-state index is 10.9. The SMILES string of the molecule is Cc1csc(CC(O)CCS(C)(=O)=O)n1. The largest absolute Gasteiger partial charge is 0.393 e. The zero-order chi connectivity index (χ0) is 11.5. The second-order valence-corrected chi connectivity index (χ2v) is 6.86. The van der Waals surface area contributed by atoms with Gasteiger partial charge >= 0.3 is 0 Å². The van der Waals surface area contributed by atoms with E-state index >= 15 is 0 Å². The highest BCUT2D eigenvalue weighted by atomic mass is 32.2. The lowest BCUT2D eigenvalue weighted by atomic mass is 10.2. The van der Waals surface area contributed by atoms with Gasteiger partial charge in [0.25, 0.3) is 0 Å². The fourth-order valence-corrected chi connectivity index (χ4v) is 2.70. The van der Waals surface area contributed by atoms with Gasteiger partial charge in [0, 0.05) is 23.8 Å². The molecule has 0 fully saturated rings. The van der Waals surface area contributed by atoms with Gasteiger partial charge in [0.2, 0.25) is 0 Å².